The molecule has 0 spiro atoms. The Morgan fingerprint density at radius 1 is 1.45 bits per heavy atom. The van der Waals surface area contributed by atoms with E-state index >= 15 is 0 Å². The zero-order valence-corrected chi connectivity index (χ0v) is 10.8. The lowest BCUT2D eigenvalue weighted by atomic mass is 10.2. The van der Waals surface area contributed by atoms with Gasteiger partial charge in [0, 0.05) is 11.6 Å². The SMILES string of the molecule is COc1ccc2nc(/C(C#N)=C\c3ccoc3)[nH]c2c1. The zero-order valence-electron chi connectivity index (χ0n) is 10.8. The first-order chi connectivity index (χ1) is 9.80. The molecule has 1 aromatic carbocycles. The van der Waals surface area contributed by atoms with Gasteiger partial charge in [-0.1, -0.05) is 0 Å². The van der Waals surface area contributed by atoms with Crippen molar-refractivity contribution >= 4 is 22.7 Å². The van der Waals surface area contributed by atoms with E-state index in [1.807, 2.05) is 18.2 Å². The molecule has 3 aromatic rings. The lowest BCUT2D eigenvalue weighted by molar-refractivity contribution is 0.415. The summed E-state index contributed by atoms with van der Waals surface area (Å²) >= 11 is 0. The number of allylic oxidation sites excluding steroid dienone is 1. The van der Waals surface area contributed by atoms with E-state index in [1.54, 1.807) is 31.8 Å². The molecule has 20 heavy (non-hydrogen) atoms. The Hall–Kier alpha value is -3.00. The Balaban J connectivity index is 2.07. The van der Waals surface area contributed by atoms with Crippen molar-refractivity contribution < 1.29 is 9.15 Å². The molecule has 5 nitrogen and oxygen atoms in total. The standard InChI is InChI=1S/C15H11N3O2/c1-19-12-2-3-13-14(7-12)18-15(17-13)11(8-16)6-10-4-5-20-9-10/h2-7,9H,1H3,(H,17,18)/b11-6-. The fourth-order valence-corrected chi connectivity index (χ4v) is 1.92. The largest absolute Gasteiger partial charge is 0.497 e. The van der Waals surface area contributed by atoms with Crippen molar-refractivity contribution in [2.75, 3.05) is 7.11 Å². The highest BCUT2D eigenvalue weighted by molar-refractivity contribution is 5.90. The van der Waals surface area contributed by atoms with Crippen molar-refractivity contribution in [2.45, 2.75) is 0 Å². The normalized spacial score (nSPS) is 11.5. The Labute approximate surface area is 115 Å². The number of imidazole rings is 1. The number of H-pyrrole nitrogens is 1. The first kappa shape index (κ1) is 12.1. The topological polar surface area (TPSA) is 74.8 Å². The molecule has 2 aromatic heterocycles. The molecule has 0 amide bonds. The minimum Gasteiger partial charge on any atom is -0.497 e. The molecule has 1 N–H and O–H groups in total. The molecule has 5 heteroatoms. The summed E-state index contributed by atoms with van der Waals surface area (Å²) in [5.74, 6) is 1.27. The average Bonchev–Trinajstić information content (AvgIpc) is 3.12. The number of ether oxygens (including phenoxy) is 1. The van der Waals surface area contributed by atoms with E-state index in [-0.39, 0.29) is 0 Å². The number of rotatable bonds is 3. The summed E-state index contributed by atoms with van der Waals surface area (Å²) in [5.41, 5.74) is 2.88. The number of benzene rings is 1. The van der Waals surface area contributed by atoms with Crippen LogP contribution in [0.15, 0.2) is 41.2 Å². The molecule has 0 fully saturated rings. The quantitative estimate of drug-likeness (QED) is 0.738. The van der Waals surface area contributed by atoms with Gasteiger partial charge in [0.2, 0.25) is 0 Å². The third-order valence-electron chi connectivity index (χ3n) is 2.92. The van der Waals surface area contributed by atoms with Gasteiger partial charge in [-0.3, -0.25) is 0 Å². The van der Waals surface area contributed by atoms with Gasteiger partial charge < -0.3 is 14.1 Å². The molecular formula is C15H11N3O2. The van der Waals surface area contributed by atoms with Gasteiger partial charge in [-0.15, -0.1) is 0 Å². The summed E-state index contributed by atoms with van der Waals surface area (Å²) in [6, 6.07) is 9.45. The molecule has 0 unspecified atom stereocenters. The van der Waals surface area contributed by atoms with Gasteiger partial charge in [0.25, 0.3) is 0 Å². The molecule has 0 atom stereocenters. The summed E-state index contributed by atoms with van der Waals surface area (Å²) in [7, 11) is 1.61. The number of hydrogen-bond acceptors (Lipinski definition) is 4. The molecule has 0 aliphatic heterocycles. The van der Waals surface area contributed by atoms with E-state index in [9.17, 15) is 5.26 Å². The van der Waals surface area contributed by atoms with Gasteiger partial charge in [-0.25, -0.2) is 4.98 Å². The third kappa shape index (κ3) is 2.15. The molecule has 3 rings (SSSR count). The molecule has 98 valence electrons. The Kier molecular flexibility index (Phi) is 2.98. The number of hydrogen-bond donors (Lipinski definition) is 1. The van der Waals surface area contributed by atoms with E-state index in [2.05, 4.69) is 16.0 Å². The minimum absolute atomic E-state index is 0.446. The maximum atomic E-state index is 9.27. The Morgan fingerprint density at radius 3 is 3.05 bits per heavy atom. The van der Waals surface area contributed by atoms with Crippen molar-refractivity contribution in [3.05, 3.63) is 48.2 Å². The zero-order chi connectivity index (χ0) is 13.9. The van der Waals surface area contributed by atoms with E-state index in [0.29, 0.717) is 11.4 Å². The van der Waals surface area contributed by atoms with E-state index in [1.165, 1.54) is 0 Å². The monoisotopic (exact) mass is 265 g/mol. The number of methoxy groups -OCH3 is 1. The summed E-state index contributed by atoms with van der Waals surface area (Å²) in [6.45, 7) is 0. The second-order valence-electron chi connectivity index (χ2n) is 4.19. The van der Waals surface area contributed by atoms with Crippen LogP contribution in [0.4, 0.5) is 0 Å². The number of aromatic nitrogens is 2. The maximum absolute atomic E-state index is 9.27. The van der Waals surface area contributed by atoms with Crippen LogP contribution >= 0.6 is 0 Å². The van der Waals surface area contributed by atoms with Gasteiger partial charge in [0.15, 0.2) is 0 Å². The maximum Gasteiger partial charge on any atom is 0.149 e. The third-order valence-corrected chi connectivity index (χ3v) is 2.92. The van der Waals surface area contributed by atoms with Crippen molar-refractivity contribution in [1.29, 1.82) is 5.26 Å². The number of nitriles is 1. The molecule has 0 aliphatic rings. The first-order valence-corrected chi connectivity index (χ1v) is 5.98. The van der Waals surface area contributed by atoms with Gasteiger partial charge in [0.05, 0.1) is 36.2 Å². The summed E-state index contributed by atoms with van der Waals surface area (Å²) in [6.07, 6.45) is 4.85. The molecule has 0 saturated carbocycles. The van der Waals surface area contributed by atoms with E-state index < -0.39 is 0 Å². The van der Waals surface area contributed by atoms with Crippen LogP contribution in [0.1, 0.15) is 11.4 Å². The number of fused-ring (bicyclic) bond motifs is 1. The van der Waals surface area contributed by atoms with Crippen molar-refractivity contribution in [2.24, 2.45) is 0 Å². The van der Waals surface area contributed by atoms with Crippen molar-refractivity contribution in [3.8, 4) is 11.8 Å². The highest BCUT2D eigenvalue weighted by atomic mass is 16.5. The van der Waals surface area contributed by atoms with Crippen molar-refractivity contribution in [1.82, 2.24) is 9.97 Å². The lowest BCUT2D eigenvalue weighted by Gasteiger charge is -1.96. The van der Waals surface area contributed by atoms with Gasteiger partial charge >= 0.3 is 0 Å². The predicted octanol–water partition coefficient (Wildman–Crippen LogP) is 3.23. The average molecular weight is 265 g/mol. The van der Waals surface area contributed by atoms with Crippen molar-refractivity contribution in [3.63, 3.8) is 0 Å². The first-order valence-electron chi connectivity index (χ1n) is 5.98. The van der Waals surface area contributed by atoms with Crippen LogP contribution in [-0.2, 0) is 0 Å². The highest BCUT2D eigenvalue weighted by Gasteiger charge is 2.09. The van der Waals surface area contributed by atoms with Gasteiger partial charge in [0.1, 0.15) is 17.6 Å². The fraction of sp³-hybridized carbons (Fsp3) is 0.0667. The van der Waals surface area contributed by atoms with Crippen LogP contribution in [0, 0.1) is 11.3 Å². The van der Waals surface area contributed by atoms with Crippen LogP contribution in [0.2, 0.25) is 0 Å². The number of nitrogens with zero attached hydrogens (tertiary/aromatic N) is 2. The minimum atomic E-state index is 0.446. The van der Waals surface area contributed by atoms with Crippen LogP contribution in [-0.4, -0.2) is 17.1 Å². The lowest BCUT2D eigenvalue weighted by Crippen LogP contribution is -1.84. The predicted molar refractivity (Wildman–Crippen MR) is 74.8 cm³/mol. The number of furan rings is 1. The summed E-state index contributed by atoms with van der Waals surface area (Å²) in [5, 5.41) is 9.27. The van der Waals surface area contributed by atoms with Gasteiger partial charge in [-0.2, -0.15) is 5.26 Å². The molecule has 0 aliphatic carbocycles. The van der Waals surface area contributed by atoms with Crippen LogP contribution in [0.5, 0.6) is 5.75 Å². The molecular weight excluding hydrogens is 254 g/mol. The highest BCUT2D eigenvalue weighted by Crippen LogP contribution is 2.22. The summed E-state index contributed by atoms with van der Waals surface area (Å²) in [4.78, 5) is 7.53. The smallest absolute Gasteiger partial charge is 0.149 e. The van der Waals surface area contributed by atoms with E-state index in [4.69, 9.17) is 9.15 Å². The fourth-order valence-electron chi connectivity index (χ4n) is 1.92. The Bertz CT molecular complexity index is 807. The van der Waals surface area contributed by atoms with Crippen LogP contribution < -0.4 is 4.74 Å². The summed E-state index contributed by atoms with van der Waals surface area (Å²) < 4.78 is 10.1. The molecule has 0 radical (unpaired) electrons. The van der Waals surface area contributed by atoms with Gasteiger partial charge in [-0.05, 0) is 24.3 Å². The Morgan fingerprint density at radius 2 is 2.35 bits per heavy atom. The molecule has 2 heterocycles. The number of nitrogens with one attached hydrogen (secondary N) is 1. The van der Waals surface area contributed by atoms with Crippen LogP contribution in [0.3, 0.4) is 0 Å². The van der Waals surface area contributed by atoms with Crippen LogP contribution in [0.25, 0.3) is 22.7 Å². The second-order valence-corrected chi connectivity index (χ2v) is 4.19. The molecule has 0 saturated heterocycles. The second kappa shape index (κ2) is 4.94. The number of aromatic amines is 1. The van der Waals surface area contributed by atoms with E-state index in [0.717, 1.165) is 22.3 Å². The molecule has 0 bridgehead atoms.